The van der Waals surface area contributed by atoms with Gasteiger partial charge in [-0.05, 0) is 30.5 Å². The van der Waals surface area contributed by atoms with Gasteiger partial charge in [-0.2, -0.15) is 0 Å². The van der Waals surface area contributed by atoms with E-state index < -0.39 is 10.0 Å². The molecule has 19 heavy (non-hydrogen) atoms. The summed E-state index contributed by atoms with van der Waals surface area (Å²) < 4.78 is 27.2. The van der Waals surface area contributed by atoms with Crippen molar-refractivity contribution in [3.8, 4) is 0 Å². The van der Waals surface area contributed by atoms with Crippen LogP contribution in [0.3, 0.4) is 0 Å². The molecule has 3 rings (SSSR count). The van der Waals surface area contributed by atoms with Crippen LogP contribution in [0.5, 0.6) is 0 Å². The third kappa shape index (κ3) is 2.29. The molecule has 0 spiro atoms. The Balaban J connectivity index is 2.03. The minimum Gasteiger partial charge on any atom is -0.207 e. The molecular weight excluding hydrogens is 258 g/mol. The highest BCUT2D eigenvalue weighted by Crippen LogP contribution is 2.29. The van der Waals surface area contributed by atoms with Crippen molar-refractivity contribution < 1.29 is 8.42 Å². The number of nitrogens with one attached hydrogen (secondary N) is 1. The lowest BCUT2D eigenvalue weighted by atomic mass is 9.98. The Kier molecular flexibility index (Phi) is 2.92. The smallest absolute Gasteiger partial charge is 0.207 e. The van der Waals surface area contributed by atoms with Crippen LogP contribution in [0.4, 0.5) is 0 Å². The van der Waals surface area contributed by atoms with Crippen LogP contribution in [-0.4, -0.2) is 8.42 Å². The number of rotatable bonds is 1. The van der Waals surface area contributed by atoms with E-state index in [0.717, 1.165) is 11.1 Å². The van der Waals surface area contributed by atoms with Gasteiger partial charge in [0.15, 0.2) is 0 Å². The summed E-state index contributed by atoms with van der Waals surface area (Å²) in [6.45, 7) is 2.02. The first-order chi connectivity index (χ1) is 9.06. The molecule has 4 heteroatoms. The zero-order valence-electron chi connectivity index (χ0n) is 10.6. The summed E-state index contributed by atoms with van der Waals surface area (Å²) >= 11 is 0. The molecule has 2 aromatic carbocycles. The molecule has 0 aromatic heterocycles. The van der Waals surface area contributed by atoms with E-state index in [-0.39, 0.29) is 6.04 Å². The van der Waals surface area contributed by atoms with Gasteiger partial charge in [0.25, 0.3) is 0 Å². The van der Waals surface area contributed by atoms with Crippen molar-refractivity contribution in [2.24, 2.45) is 0 Å². The monoisotopic (exact) mass is 273 g/mol. The Morgan fingerprint density at radius 1 is 1.05 bits per heavy atom. The molecule has 3 nitrogen and oxygen atoms in total. The molecule has 98 valence electrons. The van der Waals surface area contributed by atoms with Crippen LogP contribution in [0.2, 0.25) is 0 Å². The van der Waals surface area contributed by atoms with E-state index in [4.69, 9.17) is 0 Å². The zero-order valence-corrected chi connectivity index (χ0v) is 11.4. The second kappa shape index (κ2) is 4.47. The lowest BCUT2D eigenvalue weighted by Crippen LogP contribution is -2.35. The summed E-state index contributed by atoms with van der Waals surface area (Å²) in [5.74, 6) is 0. The Bertz CT molecular complexity index is 705. The molecule has 1 atom stereocenters. The number of sulfonamides is 1. The number of fused-ring (bicyclic) bond motifs is 1. The molecule has 0 bridgehead atoms. The van der Waals surface area contributed by atoms with Crippen LogP contribution in [-0.2, 0) is 16.4 Å². The normalized spacial score (nSPS) is 20.8. The lowest BCUT2D eigenvalue weighted by Gasteiger charge is -2.26. The molecule has 0 fully saturated rings. The summed E-state index contributed by atoms with van der Waals surface area (Å²) in [6, 6.07) is 15.0. The van der Waals surface area contributed by atoms with Gasteiger partial charge in [0.05, 0.1) is 10.9 Å². The standard InChI is InChI=1S/C15H15NO2S/c1-11-6-8-12(9-7-11)14-10-13-4-2-3-5-15(13)19(17,18)16-14/h2-9,14,16H,10H2,1H3. The molecule has 0 saturated heterocycles. The van der Waals surface area contributed by atoms with Crippen molar-refractivity contribution in [1.29, 1.82) is 0 Å². The topological polar surface area (TPSA) is 46.2 Å². The van der Waals surface area contributed by atoms with Gasteiger partial charge in [0, 0.05) is 0 Å². The van der Waals surface area contributed by atoms with E-state index in [9.17, 15) is 8.42 Å². The molecule has 2 aromatic rings. The highest BCUT2D eigenvalue weighted by Gasteiger charge is 2.29. The second-order valence-corrected chi connectivity index (χ2v) is 6.58. The summed E-state index contributed by atoms with van der Waals surface area (Å²) in [5.41, 5.74) is 3.05. The maximum absolute atomic E-state index is 12.2. The van der Waals surface area contributed by atoms with Crippen molar-refractivity contribution in [2.75, 3.05) is 0 Å². The molecule has 1 N–H and O–H groups in total. The van der Waals surface area contributed by atoms with Gasteiger partial charge < -0.3 is 0 Å². The van der Waals surface area contributed by atoms with Crippen molar-refractivity contribution in [2.45, 2.75) is 24.3 Å². The van der Waals surface area contributed by atoms with E-state index in [1.54, 1.807) is 12.1 Å². The summed E-state index contributed by atoms with van der Waals surface area (Å²) in [4.78, 5) is 0.401. The predicted molar refractivity (Wildman–Crippen MR) is 74.4 cm³/mol. The SMILES string of the molecule is Cc1ccc(C2Cc3ccccc3S(=O)(=O)N2)cc1. The summed E-state index contributed by atoms with van der Waals surface area (Å²) in [6.07, 6.45) is 0.693. The fourth-order valence-corrected chi connectivity index (χ4v) is 3.91. The Morgan fingerprint density at radius 3 is 2.47 bits per heavy atom. The van der Waals surface area contributed by atoms with Crippen LogP contribution < -0.4 is 4.72 Å². The van der Waals surface area contributed by atoms with Crippen LogP contribution in [0.25, 0.3) is 0 Å². The molecule has 0 saturated carbocycles. The Labute approximate surface area is 113 Å². The molecule has 1 heterocycles. The molecule has 0 aliphatic carbocycles. The van der Waals surface area contributed by atoms with Gasteiger partial charge in [0.1, 0.15) is 0 Å². The number of hydrogen-bond acceptors (Lipinski definition) is 2. The van der Waals surface area contributed by atoms with Crippen molar-refractivity contribution in [3.63, 3.8) is 0 Å². The van der Waals surface area contributed by atoms with Gasteiger partial charge in [0.2, 0.25) is 10.0 Å². The number of benzene rings is 2. The first-order valence-electron chi connectivity index (χ1n) is 6.23. The third-order valence-electron chi connectivity index (χ3n) is 3.46. The Hall–Kier alpha value is -1.65. The van der Waals surface area contributed by atoms with E-state index in [1.165, 1.54) is 5.56 Å². The van der Waals surface area contributed by atoms with Gasteiger partial charge in [-0.15, -0.1) is 0 Å². The van der Waals surface area contributed by atoms with E-state index in [0.29, 0.717) is 11.3 Å². The first-order valence-corrected chi connectivity index (χ1v) is 7.71. The van der Waals surface area contributed by atoms with Crippen LogP contribution in [0, 0.1) is 6.92 Å². The average Bonchev–Trinajstić information content (AvgIpc) is 2.39. The lowest BCUT2D eigenvalue weighted by molar-refractivity contribution is 0.537. The first kappa shape index (κ1) is 12.4. The fraction of sp³-hybridized carbons (Fsp3) is 0.200. The number of hydrogen-bond donors (Lipinski definition) is 1. The molecular formula is C15H15NO2S. The van der Waals surface area contributed by atoms with Gasteiger partial charge in [-0.3, -0.25) is 0 Å². The minimum atomic E-state index is -3.40. The van der Waals surface area contributed by atoms with Crippen molar-refractivity contribution >= 4 is 10.0 Å². The second-order valence-electron chi connectivity index (χ2n) is 4.90. The number of aryl methyl sites for hydroxylation is 1. The Morgan fingerprint density at radius 2 is 1.74 bits per heavy atom. The summed E-state index contributed by atoms with van der Waals surface area (Å²) in [5, 5.41) is 0. The highest BCUT2D eigenvalue weighted by molar-refractivity contribution is 7.89. The van der Waals surface area contributed by atoms with Crippen LogP contribution in [0.15, 0.2) is 53.4 Å². The average molecular weight is 273 g/mol. The van der Waals surface area contributed by atoms with E-state index in [2.05, 4.69) is 4.72 Å². The molecule has 1 unspecified atom stereocenters. The molecule has 0 amide bonds. The van der Waals surface area contributed by atoms with E-state index >= 15 is 0 Å². The highest BCUT2D eigenvalue weighted by atomic mass is 32.2. The maximum Gasteiger partial charge on any atom is 0.241 e. The largest absolute Gasteiger partial charge is 0.241 e. The van der Waals surface area contributed by atoms with Gasteiger partial charge in [-0.1, -0.05) is 48.0 Å². The van der Waals surface area contributed by atoms with Gasteiger partial charge >= 0.3 is 0 Å². The van der Waals surface area contributed by atoms with Gasteiger partial charge in [-0.25, -0.2) is 13.1 Å². The van der Waals surface area contributed by atoms with Crippen LogP contribution >= 0.6 is 0 Å². The zero-order chi connectivity index (χ0) is 13.5. The molecule has 1 aliphatic heterocycles. The van der Waals surface area contributed by atoms with Crippen LogP contribution in [0.1, 0.15) is 22.7 Å². The van der Waals surface area contributed by atoms with Crippen molar-refractivity contribution in [3.05, 3.63) is 65.2 Å². The maximum atomic E-state index is 12.2. The fourth-order valence-electron chi connectivity index (χ4n) is 2.43. The molecule has 1 aliphatic rings. The molecule has 0 radical (unpaired) electrons. The van der Waals surface area contributed by atoms with Crippen molar-refractivity contribution in [1.82, 2.24) is 4.72 Å². The summed E-state index contributed by atoms with van der Waals surface area (Å²) in [7, 11) is -3.40. The predicted octanol–water partition coefficient (Wildman–Crippen LogP) is 2.57. The minimum absolute atomic E-state index is 0.180. The quantitative estimate of drug-likeness (QED) is 0.868. The van der Waals surface area contributed by atoms with E-state index in [1.807, 2.05) is 43.3 Å². The third-order valence-corrected chi connectivity index (χ3v) is 5.04.